The van der Waals surface area contributed by atoms with E-state index < -0.39 is 0 Å². The molecule has 0 aliphatic carbocycles. The lowest BCUT2D eigenvalue weighted by Crippen LogP contribution is -2.32. The number of hydrogen-bond acceptors (Lipinski definition) is 5. The molecule has 0 spiro atoms. The summed E-state index contributed by atoms with van der Waals surface area (Å²) in [6.07, 6.45) is 0. The predicted octanol–water partition coefficient (Wildman–Crippen LogP) is 1.25. The molecule has 0 aromatic carbocycles. The number of likely N-dealkylation sites (N-methyl/N-ethyl adjacent to an activating group) is 1. The number of aromatic nitrogens is 1. The van der Waals surface area contributed by atoms with Crippen LogP contribution in [0.5, 0.6) is 0 Å². The second-order valence-corrected chi connectivity index (χ2v) is 4.98. The van der Waals surface area contributed by atoms with E-state index >= 15 is 0 Å². The van der Waals surface area contributed by atoms with Gasteiger partial charge in [-0.3, -0.25) is 4.79 Å². The molecule has 18 heavy (non-hydrogen) atoms. The fourth-order valence-corrected chi connectivity index (χ4v) is 2.48. The zero-order valence-corrected chi connectivity index (χ0v) is 12.0. The number of thioether (sulfide) groups is 1. The van der Waals surface area contributed by atoms with Gasteiger partial charge in [0.1, 0.15) is 5.76 Å². The Kier molecular flexibility index (Phi) is 6.82. The number of nitrogens with one attached hydrogen (secondary N) is 2. The van der Waals surface area contributed by atoms with Crippen LogP contribution in [0.1, 0.15) is 23.9 Å². The third-order valence-corrected chi connectivity index (χ3v) is 3.49. The molecule has 1 aromatic heterocycles. The van der Waals surface area contributed by atoms with Crippen molar-refractivity contribution in [3.05, 3.63) is 17.0 Å². The standard InChI is InChI=1S/C12H21N3O2S/c1-4-13-5-6-14-12(16)8-18-7-11-9(2)15-17-10(11)3/h13H,4-8H2,1-3H3,(H,14,16). The van der Waals surface area contributed by atoms with Gasteiger partial charge in [0.25, 0.3) is 0 Å². The van der Waals surface area contributed by atoms with E-state index in [2.05, 4.69) is 15.8 Å². The van der Waals surface area contributed by atoms with Gasteiger partial charge in [0.2, 0.25) is 5.91 Å². The maximum absolute atomic E-state index is 11.5. The molecule has 0 atom stereocenters. The molecule has 2 N–H and O–H groups in total. The first-order valence-electron chi connectivity index (χ1n) is 6.12. The van der Waals surface area contributed by atoms with Crippen molar-refractivity contribution in [2.75, 3.05) is 25.4 Å². The summed E-state index contributed by atoms with van der Waals surface area (Å²) < 4.78 is 5.07. The van der Waals surface area contributed by atoms with E-state index in [0.29, 0.717) is 12.3 Å². The molecule has 0 radical (unpaired) electrons. The fraction of sp³-hybridized carbons (Fsp3) is 0.667. The average Bonchev–Trinajstić information content (AvgIpc) is 2.66. The Morgan fingerprint density at radius 2 is 2.17 bits per heavy atom. The van der Waals surface area contributed by atoms with Gasteiger partial charge in [-0.1, -0.05) is 12.1 Å². The Morgan fingerprint density at radius 1 is 1.39 bits per heavy atom. The Bertz CT molecular complexity index is 360. The van der Waals surface area contributed by atoms with Gasteiger partial charge >= 0.3 is 0 Å². The van der Waals surface area contributed by atoms with E-state index in [1.54, 1.807) is 11.8 Å². The van der Waals surface area contributed by atoms with Crippen molar-refractivity contribution in [3.63, 3.8) is 0 Å². The van der Waals surface area contributed by atoms with E-state index in [-0.39, 0.29) is 5.91 Å². The largest absolute Gasteiger partial charge is 0.361 e. The minimum atomic E-state index is 0.0738. The second kappa shape index (κ2) is 8.16. The van der Waals surface area contributed by atoms with Crippen molar-refractivity contribution < 1.29 is 9.32 Å². The van der Waals surface area contributed by atoms with Crippen molar-refractivity contribution in [2.45, 2.75) is 26.5 Å². The van der Waals surface area contributed by atoms with E-state index in [1.165, 1.54) is 0 Å². The van der Waals surface area contributed by atoms with E-state index in [4.69, 9.17) is 4.52 Å². The van der Waals surface area contributed by atoms with Crippen molar-refractivity contribution in [3.8, 4) is 0 Å². The second-order valence-electron chi connectivity index (χ2n) is 4.00. The summed E-state index contributed by atoms with van der Waals surface area (Å²) in [6.45, 7) is 8.28. The van der Waals surface area contributed by atoms with Gasteiger partial charge in [0, 0.05) is 24.4 Å². The first kappa shape index (κ1) is 15.0. The number of amides is 1. The Morgan fingerprint density at radius 3 is 2.78 bits per heavy atom. The van der Waals surface area contributed by atoms with Crippen LogP contribution in [-0.4, -0.2) is 36.5 Å². The number of aryl methyl sites for hydroxylation is 2. The SMILES string of the molecule is CCNCCNC(=O)CSCc1c(C)noc1C. The van der Waals surface area contributed by atoms with Crippen LogP contribution in [0, 0.1) is 13.8 Å². The summed E-state index contributed by atoms with van der Waals surface area (Å²) in [6, 6.07) is 0. The number of nitrogens with zero attached hydrogens (tertiary/aromatic N) is 1. The van der Waals surface area contributed by atoms with E-state index in [1.807, 2.05) is 20.8 Å². The highest BCUT2D eigenvalue weighted by molar-refractivity contribution is 7.99. The number of carbonyl (C=O) groups is 1. The van der Waals surface area contributed by atoms with Crippen LogP contribution >= 0.6 is 11.8 Å². The minimum absolute atomic E-state index is 0.0738. The van der Waals surface area contributed by atoms with Crippen LogP contribution in [0.2, 0.25) is 0 Å². The number of carbonyl (C=O) groups excluding carboxylic acids is 1. The van der Waals surface area contributed by atoms with E-state index in [0.717, 1.165) is 35.9 Å². The molecule has 5 nitrogen and oxygen atoms in total. The molecule has 0 aliphatic heterocycles. The van der Waals surface area contributed by atoms with Gasteiger partial charge < -0.3 is 15.2 Å². The van der Waals surface area contributed by atoms with Crippen molar-refractivity contribution in [2.24, 2.45) is 0 Å². The Hall–Kier alpha value is -1.01. The molecule has 6 heteroatoms. The first-order valence-corrected chi connectivity index (χ1v) is 7.27. The average molecular weight is 271 g/mol. The van der Waals surface area contributed by atoms with Gasteiger partial charge in [-0.2, -0.15) is 0 Å². The molecule has 1 rings (SSSR count). The molecule has 0 aliphatic rings. The van der Waals surface area contributed by atoms with Gasteiger partial charge in [0.15, 0.2) is 0 Å². The lowest BCUT2D eigenvalue weighted by molar-refractivity contribution is -0.118. The predicted molar refractivity (Wildman–Crippen MR) is 73.7 cm³/mol. The van der Waals surface area contributed by atoms with Crippen LogP contribution in [-0.2, 0) is 10.5 Å². The maximum atomic E-state index is 11.5. The smallest absolute Gasteiger partial charge is 0.230 e. The Labute approximate surface area is 112 Å². The summed E-state index contributed by atoms with van der Waals surface area (Å²) in [5, 5.41) is 9.91. The normalized spacial score (nSPS) is 10.6. The lowest BCUT2D eigenvalue weighted by atomic mass is 10.2. The molecular weight excluding hydrogens is 250 g/mol. The minimum Gasteiger partial charge on any atom is -0.361 e. The van der Waals surface area contributed by atoms with Crippen LogP contribution < -0.4 is 10.6 Å². The van der Waals surface area contributed by atoms with Crippen LogP contribution in [0.15, 0.2) is 4.52 Å². The molecule has 1 heterocycles. The van der Waals surface area contributed by atoms with Crippen molar-refractivity contribution >= 4 is 17.7 Å². The molecule has 1 aromatic rings. The highest BCUT2D eigenvalue weighted by Crippen LogP contribution is 2.18. The van der Waals surface area contributed by atoms with E-state index in [9.17, 15) is 4.79 Å². The number of hydrogen-bond donors (Lipinski definition) is 2. The first-order chi connectivity index (χ1) is 8.65. The molecule has 102 valence electrons. The van der Waals surface area contributed by atoms with Gasteiger partial charge in [-0.05, 0) is 20.4 Å². The number of rotatable bonds is 8. The molecule has 1 amide bonds. The third-order valence-electron chi connectivity index (χ3n) is 2.53. The summed E-state index contributed by atoms with van der Waals surface area (Å²) in [7, 11) is 0. The van der Waals surface area contributed by atoms with Crippen LogP contribution in [0.3, 0.4) is 0 Å². The van der Waals surface area contributed by atoms with Crippen LogP contribution in [0.4, 0.5) is 0 Å². The van der Waals surface area contributed by atoms with Gasteiger partial charge in [0.05, 0.1) is 11.4 Å². The highest BCUT2D eigenvalue weighted by atomic mass is 32.2. The fourth-order valence-electron chi connectivity index (χ4n) is 1.47. The lowest BCUT2D eigenvalue weighted by Gasteiger charge is -2.05. The highest BCUT2D eigenvalue weighted by Gasteiger charge is 2.09. The molecular formula is C12H21N3O2S. The molecule has 0 saturated heterocycles. The third kappa shape index (κ3) is 5.10. The van der Waals surface area contributed by atoms with Gasteiger partial charge in [-0.15, -0.1) is 11.8 Å². The Balaban J connectivity index is 2.16. The molecule has 0 unspecified atom stereocenters. The molecule has 0 fully saturated rings. The summed E-state index contributed by atoms with van der Waals surface area (Å²) in [4.78, 5) is 11.5. The zero-order valence-electron chi connectivity index (χ0n) is 11.2. The molecule has 0 saturated carbocycles. The molecule has 0 bridgehead atoms. The summed E-state index contributed by atoms with van der Waals surface area (Å²) in [5.74, 6) is 2.15. The summed E-state index contributed by atoms with van der Waals surface area (Å²) >= 11 is 1.58. The monoisotopic (exact) mass is 271 g/mol. The summed E-state index contributed by atoms with van der Waals surface area (Å²) in [5.41, 5.74) is 2.01. The quantitative estimate of drug-likeness (QED) is 0.697. The van der Waals surface area contributed by atoms with Crippen molar-refractivity contribution in [1.82, 2.24) is 15.8 Å². The maximum Gasteiger partial charge on any atom is 0.230 e. The van der Waals surface area contributed by atoms with Gasteiger partial charge in [-0.25, -0.2) is 0 Å². The van der Waals surface area contributed by atoms with Crippen molar-refractivity contribution in [1.29, 1.82) is 0 Å². The zero-order chi connectivity index (χ0) is 13.4. The topological polar surface area (TPSA) is 67.2 Å². The van der Waals surface area contributed by atoms with Crippen LogP contribution in [0.25, 0.3) is 0 Å².